The average molecular weight is 232 g/mol. The molecule has 0 fully saturated rings. The van der Waals surface area contributed by atoms with E-state index in [4.69, 9.17) is 0 Å². The van der Waals surface area contributed by atoms with Gasteiger partial charge < -0.3 is 0 Å². The molecule has 0 atom stereocenters. The number of aromatic nitrogens is 2. The van der Waals surface area contributed by atoms with Crippen LogP contribution in [0, 0.1) is 5.82 Å². The van der Waals surface area contributed by atoms with Gasteiger partial charge in [-0.15, -0.1) is 0 Å². The zero-order valence-electron chi connectivity index (χ0n) is 9.72. The number of hydrogen-bond donors (Lipinski definition) is 0. The van der Waals surface area contributed by atoms with Gasteiger partial charge in [0, 0.05) is 11.8 Å². The van der Waals surface area contributed by atoms with E-state index >= 15 is 0 Å². The molecule has 0 saturated heterocycles. The maximum atomic E-state index is 13.7. The van der Waals surface area contributed by atoms with Crippen LogP contribution in [0.2, 0.25) is 0 Å². The summed E-state index contributed by atoms with van der Waals surface area (Å²) in [6.07, 6.45) is 2.30. The largest absolute Gasteiger partial charge is 0.298 e. The molecule has 2 aromatic rings. The Balaban J connectivity index is 2.55. The number of halogens is 1. The molecule has 0 radical (unpaired) electrons. The molecule has 0 aliphatic rings. The first kappa shape index (κ1) is 11.5. The summed E-state index contributed by atoms with van der Waals surface area (Å²) >= 11 is 0. The van der Waals surface area contributed by atoms with Crippen LogP contribution in [0.25, 0.3) is 5.69 Å². The van der Waals surface area contributed by atoms with Crippen molar-refractivity contribution in [2.45, 2.75) is 19.8 Å². The van der Waals surface area contributed by atoms with Crippen molar-refractivity contribution in [2.24, 2.45) is 0 Å². The molecule has 0 bridgehead atoms. The molecule has 1 heterocycles. The molecular formula is C13H13FN2O. The van der Waals surface area contributed by atoms with Gasteiger partial charge >= 0.3 is 0 Å². The van der Waals surface area contributed by atoms with Crippen LogP contribution in [-0.4, -0.2) is 16.1 Å². The molecule has 2 rings (SSSR count). The Morgan fingerprint density at radius 3 is 2.71 bits per heavy atom. The Bertz CT molecular complexity index is 546. The molecular weight excluding hydrogens is 219 g/mol. The van der Waals surface area contributed by atoms with Crippen molar-refractivity contribution >= 4 is 6.29 Å². The maximum Gasteiger partial charge on any atom is 0.152 e. The van der Waals surface area contributed by atoms with Gasteiger partial charge in [-0.05, 0) is 24.1 Å². The number of hydrogen-bond acceptors (Lipinski definition) is 2. The number of para-hydroxylation sites is 1. The van der Waals surface area contributed by atoms with Crippen molar-refractivity contribution in [3.63, 3.8) is 0 Å². The Kier molecular flexibility index (Phi) is 3.04. The molecule has 0 aliphatic heterocycles. The Morgan fingerprint density at radius 2 is 2.12 bits per heavy atom. The second-order valence-corrected chi connectivity index (χ2v) is 4.14. The molecule has 17 heavy (non-hydrogen) atoms. The summed E-state index contributed by atoms with van der Waals surface area (Å²) in [5.41, 5.74) is 1.36. The van der Waals surface area contributed by atoms with Crippen molar-refractivity contribution < 1.29 is 9.18 Å². The van der Waals surface area contributed by atoms with E-state index in [0.29, 0.717) is 11.8 Å². The van der Waals surface area contributed by atoms with E-state index in [-0.39, 0.29) is 11.6 Å². The molecule has 4 heteroatoms. The van der Waals surface area contributed by atoms with Crippen LogP contribution in [0.5, 0.6) is 0 Å². The van der Waals surface area contributed by atoms with Crippen molar-refractivity contribution in [1.29, 1.82) is 0 Å². The van der Waals surface area contributed by atoms with Crippen molar-refractivity contribution in [3.05, 3.63) is 47.5 Å². The topological polar surface area (TPSA) is 34.9 Å². The van der Waals surface area contributed by atoms with Gasteiger partial charge in [0.15, 0.2) is 6.29 Å². The number of nitrogens with zero attached hydrogens (tertiary/aromatic N) is 2. The first-order valence-electron chi connectivity index (χ1n) is 5.43. The highest BCUT2D eigenvalue weighted by Gasteiger charge is 2.12. The Morgan fingerprint density at radius 1 is 1.35 bits per heavy atom. The van der Waals surface area contributed by atoms with E-state index in [1.807, 2.05) is 19.9 Å². The van der Waals surface area contributed by atoms with Crippen LogP contribution in [0.1, 0.15) is 35.8 Å². The van der Waals surface area contributed by atoms with Crippen molar-refractivity contribution in [2.75, 3.05) is 0 Å². The molecule has 1 aromatic heterocycles. The minimum Gasteiger partial charge on any atom is -0.298 e. The van der Waals surface area contributed by atoms with Gasteiger partial charge in [-0.25, -0.2) is 9.07 Å². The van der Waals surface area contributed by atoms with E-state index in [1.165, 1.54) is 16.8 Å². The molecule has 0 amide bonds. The lowest BCUT2D eigenvalue weighted by Gasteiger charge is -2.06. The highest BCUT2D eigenvalue weighted by atomic mass is 19.1. The van der Waals surface area contributed by atoms with Gasteiger partial charge in [0.2, 0.25) is 0 Å². The molecule has 0 N–H and O–H groups in total. The summed E-state index contributed by atoms with van der Waals surface area (Å²) in [7, 11) is 0. The van der Waals surface area contributed by atoms with Crippen molar-refractivity contribution in [3.8, 4) is 5.69 Å². The molecule has 0 aliphatic carbocycles. The molecule has 0 saturated carbocycles. The van der Waals surface area contributed by atoms with Crippen LogP contribution in [0.3, 0.4) is 0 Å². The van der Waals surface area contributed by atoms with Crippen LogP contribution >= 0.6 is 0 Å². The quantitative estimate of drug-likeness (QED) is 0.762. The number of aldehydes is 1. The van der Waals surface area contributed by atoms with E-state index in [9.17, 15) is 9.18 Å². The van der Waals surface area contributed by atoms with Gasteiger partial charge in [-0.1, -0.05) is 19.9 Å². The lowest BCUT2D eigenvalue weighted by Crippen LogP contribution is -2.04. The van der Waals surface area contributed by atoms with E-state index in [1.54, 1.807) is 12.3 Å². The lowest BCUT2D eigenvalue weighted by molar-refractivity contribution is 0.112. The lowest BCUT2D eigenvalue weighted by atomic mass is 10.1. The molecule has 0 unspecified atom stereocenters. The fraction of sp³-hybridized carbons (Fsp3) is 0.231. The van der Waals surface area contributed by atoms with Crippen molar-refractivity contribution in [1.82, 2.24) is 9.78 Å². The SMILES string of the molecule is CC(C)c1ccn(-c2c(F)cccc2C=O)n1. The molecule has 88 valence electrons. The van der Waals surface area contributed by atoms with E-state index < -0.39 is 5.82 Å². The molecule has 3 nitrogen and oxygen atoms in total. The number of rotatable bonds is 3. The summed E-state index contributed by atoms with van der Waals surface area (Å²) in [5, 5.41) is 4.27. The van der Waals surface area contributed by atoms with Gasteiger partial charge in [0.05, 0.1) is 5.69 Å². The Labute approximate surface area is 98.9 Å². The van der Waals surface area contributed by atoms with Gasteiger partial charge in [-0.2, -0.15) is 5.10 Å². The molecule has 1 aromatic carbocycles. The van der Waals surface area contributed by atoms with Gasteiger partial charge in [0.1, 0.15) is 11.5 Å². The summed E-state index contributed by atoms with van der Waals surface area (Å²) in [4.78, 5) is 10.9. The standard InChI is InChI=1S/C13H13FN2O/c1-9(2)12-6-7-16(15-12)13-10(8-17)4-3-5-11(13)14/h3-9H,1-2H3. The van der Waals surface area contributed by atoms with Gasteiger partial charge in [0.25, 0.3) is 0 Å². The Hall–Kier alpha value is -1.97. The first-order valence-corrected chi connectivity index (χ1v) is 5.43. The smallest absolute Gasteiger partial charge is 0.152 e. The minimum atomic E-state index is -0.451. The third kappa shape index (κ3) is 2.11. The monoisotopic (exact) mass is 232 g/mol. The number of benzene rings is 1. The van der Waals surface area contributed by atoms with Crippen LogP contribution in [-0.2, 0) is 0 Å². The van der Waals surface area contributed by atoms with Crippen LogP contribution < -0.4 is 0 Å². The average Bonchev–Trinajstić information content (AvgIpc) is 2.77. The third-order valence-electron chi connectivity index (χ3n) is 2.58. The second kappa shape index (κ2) is 4.49. The fourth-order valence-electron chi connectivity index (χ4n) is 1.64. The number of carbonyl (C=O) groups excluding carboxylic acids is 1. The zero-order chi connectivity index (χ0) is 12.4. The highest BCUT2D eigenvalue weighted by Crippen LogP contribution is 2.19. The normalized spacial score (nSPS) is 10.8. The number of carbonyl (C=O) groups is 1. The molecule has 0 spiro atoms. The predicted octanol–water partition coefficient (Wildman–Crippen LogP) is 2.95. The zero-order valence-corrected chi connectivity index (χ0v) is 9.72. The summed E-state index contributed by atoms with van der Waals surface area (Å²) in [5.74, 6) is -0.185. The van der Waals surface area contributed by atoms with E-state index in [2.05, 4.69) is 5.10 Å². The van der Waals surface area contributed by atoms with Gasteiger partial charge in [-0.3, -0.25) is 4.79 Å². The predicted molar refractivity (Wildman–Crippen MR) is 63.0 cm³/mol. The first-order chi connectivity index (χ1) is 8.13. The fourth-order valence-corrected chi connectivity index (χ4v) is 1.64. The van der Waals surface area contributed by atoms with Crippen LogP contribution in [0.15, 0.2) is 30.5 Å². The maximum absolute atomic E-state index is 13.7. The minimum absolute atomic E-state index is 0.203. The summed E-state index contributed by atoms with van der Waals surface area (Å²) in [6.45, 7) is 4.02. The second-order valence-electron chi connectivity index (χ2n) is 4.14. The third-order valence-corrected chi connectivity index (χ3v) is 2.58. The highest BCUT2D eigenvalue weighted by molar-refractivity contribution is 5.80. The summed E-state index contributed by atoms with van der Waals surface area (Å²) in [6, 6.07) is 6.22. The van der Waals surface area contributed by atoms with E-state index in [0.717, 1.165) is 5.69 Å². The summed E-state index contributed by atoms with van der Waals surface area (Å²) < 4.78 is 15.1. The van der Waals surface area contributed by atoms with Crippen LogP contribution in [0.4, 0.5) is 4.39 Å².